The fourth-order valence-corrected chi connectivity index (χ4v) is 14.8. The van der Waals surface area contributed by atoms with E-state index in [9.17, 15) is 0 Å². The van der Waals surface area contributed by atoms with Crippen LogP contribution < -0.4 is 25.6 Å². The van der Waals surface area contributed by atoms with Gasteiger partial charge >= 0.3 is 0 Å². The molecule has 0 N–H and O–H groups in total. The van der Waals surface area contributed by atoms with Crippen LogP contribution in [0.1, 0.15) is 6.92 Å². The molecular weight excluding hydrogens is 801 g/mol. The first kappa shape index (κ1) is 39.8. The van der Waals surface area contributed by atoms with E-state index in [0.717, 1.165) is 23.6 Å². The van der Waals surface area contributed by atoms with Crippen molar-refractivity contribution in [2.45, 2.75) is 13.5 Å². The molecule has 310 valence electrons. The van der Waals surface area contributed by atoms with Gasteiger partial charge in [-0.15, -0.1) is 0 Å². The third kappa shape index (κ3) is 7.26. The van der Waals surface area contributed by atoms with Crippen molar-refractivity contribution >= 4 is 67.7 Å². The molecular formula is C62H48N2Si. The second-order valence-corrected chi connectivity index (χ2v) is 20.6. The van der Waals surface area contributed by atoms with E-state index in [1.165, 1.54) is 75.9 Å². The van der Waals surface area contributed by atoms with Gasteiger partial charge in [0.2, 0.25) is 0 Å². The first-order valence-electron chi connectivity index (χ1n) is 22.6. The lowest BCUT2D eigenvalue weighted by Gasteiger charge is -2.34. The lowest BCUT2D eigenvalue weighted by Crippen LogP contribution is -2.74. The van der Waals surface area contributed by atoms with Crippen LogP contribution in [-0.4, -0.2) is 12.6 Å². The van der Waals surface area contributed by atoms with Crippen LogP contribution in [0.4, 0.5) is 17.1 Å². The van der Waals surface area contributed by atoms with Crippen molar-refractivity contribution in [1.82, 2.24) is 4.57 Å². The third-order valence-corrected chi connectivity index (χ3v) is 18.0. The molecule has 0 atom stereocenters. The molecule has 2 nitrogen and oxygen atoms in total. The second kappa shape index (κ2) is 17.3. The molecule has 0 unspecified atom stereocenters. The Kier molecular flexibility index (Phi) is 10.6. The molecule has 1 aromatic heterocycles. The molecule has 11 aromatic rings. The first-order valence-corrected chi connectivity index (χ1v) is 24.6. The minimum absolute atomic E-state index is 0.938. The lowest BCUT2D eigenvalue weighted by molar-refractivity contribution is 0.827. The molecule has 10 aromatic carbocycles. The maximum atomic E-state index is 2.41. The zero-order valence-corrected chi connectivity index (χ0v) is 37.4. The molecule has 0 aliphatic rings. The average molecular weight is 849 g/mol. The second-order valence-electron chi connectivity index (χ2n) is 16.8. The maximum absolute atomic E-state index is 2.61. The van der Waals surface area contributed by atoms with Crippen molar-refractivity contribution in [2.75, 3.05) is 4.90 Å². The van der Waals surface area contributed by atoms with Gasteiger partial charge in [0, 0.05) is 45.4 Å². The van der Waals surface area contributed by atoms with E-state index in [1.807, 2.05) is 0 Å². The van der Waals surface area contributed by atoms with E-state index in [2.05, 4.69) is 277 Å². The predicted molar refractivity (Wildman–Crippen MR) is 280 cm³/mol. The number of anilines is 3. The van der Waals surface area contributed by atoms with Gasteiger partial charge in [0.25, 0.3) is 0 Å². The van der Waals surface area contributed by atoms with E-state index in [0.29, 0.717) is 0 Å². The van der Waals surface area contributed by atoms with Crippen LogP contribution in [0.15, 0.2) is 261 Å². The van der Waals surface area contributed by atoms with Crippen molar-refractivity contribution in [2.24, 2.45) is 0 Å². The summed E-state index contributed by atoms with van der Waals surface area (Å²) in [5.41, 5.74) is 13.1. The van der Waals surface area contributed by atoms with Crippen LogP contribution in [0.2, 0.25) is 0 Å². The molecule has 0 bridgehead atoms. The Morgan fingerprint density at radius 2 is 0.646 bits per heavy atom. The fourth-order valence-electron chi connectivity index (χ4n) is 10.0. The highest BCUT2D eigenvalue weighted by Gasteiger charge is 2.41. The van der Waals surface area contributed by atoms with Crippen molar-refractivity contribution in [3.63, 3.8) is 0 Å². The number of rotatable bonds is 11. The highest BCUT2D eigenvalue weighted by Crippen LogP contribution is 2.39. The highest BCUT2D eigenvalue weighted by molar-refractivity contribution is 7.19. The largest absolute Gasteiger partial charge is 0.341 e. The Bertz CT molecular complexity index is 3250. The Labute approximate surface area is 383 Å². The summed E-state index contributed by atoms with van der Waals surface area (Å²) in [4.78, 5) is 2.36. The summed E-state index contributed by atoms with van der Waals surface area (Å²) in [6.07, 6.45) is 0. The summed E-state index contributed by atoms with van der Waals surface area (Å²) in [5, 5.41) is 8.09. The summed E-state index contributed by atoms with van der Waals surface area (Å²) in [7, 11) is -2.61. The van der Waals surface area contributed by atoms with E-state index in [-0.39, 0.29) is 0 Å². The normalized spacial score (nSPS) is 11.5. The topological polar surface area (TPSA) is 8.17 Å². The van der Waals surface area contributed by atoms with Gasteiger partial charge in [-0.1, -0.05) is 206 Å². The fraction of sp³-hybridized carbons (Fsp3) is 0.0323. The molecule has 0 saturated heterocycles. The standard InChI is InChI=1S/C62H48N2Si/c1-2-63-61-26-16-15-25-59(61)60-45-51(35-44-62(60)63)50-31-40-54(41-32-50)64(52-36-27-47(28-37-52)46-17-7-3-8-18-46)53-38-29-48(30-39-53)49-33-42-58(43-34-49)65(55-19-9-4-10-20-55,56-21-11-5-12-22-56)57-23-13-6-14-24-57/h3-45H,2H2,1H3. The molecule has 11 rings (SSSR count). The smallest absolute Gasteiger partial charge is 0.179 e. The number of para-hydroxylation sites is 1. The van der Waals surface area contributed by atoms with E-state index in [4.69, 9.17) is 0 Å². The number of aryl methyl sites for hydroxylation is 1. The number of nitrogens with zero attached hydrogens (tertiary/aromatic N) is 2. The molecule has 0 fully saturated rings. The Balaban J connectivity index is 0.953. The van der Waals surface area contributed by atoms with Crippen molar-refractivity contribution in [3.05, 3.63) is 261 Å². The van der Waals surface area contributed by atoms with Gasteiger partial charge in [-0.3, -0.25) is 0 Å². The van der Waals surface area contributed by atoms with Gasteiger partial charge in [-0.05, 0) is 116 Å². The molecule has 3 heteroatoms. The molecule has 65 heavy (non-hydrogen) atoms. The molecule has 0 aliphatic heterocycles. The lowest BCUT2D eigenvalue weighted by atomic mass is 10.0. The minimum Gasteiger partial charge on any atom is -0.341 e. The van der Waals surface area contributed by atoms with Gasteiger partial charge in [-0.2, -0.15) is 0 Å². The van der Waals surface area contributed by atoms with Crippen LogP contribution >= 0.6 is 0 Å². The van der Waals surface area contributed by atoms with Crippen LogP contribution in [-0.2, 0) is 6.54 Å². The summed E-state index contributed by atoms with van der Waals surface area (Å²) in [5.74, 6) is 0. The van der Waals surface area contributed by atoms with Gasteiger partial charge in [0.15, 0.2) is 8.07 Å². The van der Waals surface area contributed by atoms with E-state index >= 15 is 0 Å². The monoisotopic (exact) mass is 848 g/mol. The number of hydrogen-bond donors (Lipinski definition) is 0. The molecule has 0 saturated carbocycles. The highest BCUT2D eigenvalue weighted by atomic mass is 28.3. The first-order chi connectivity index (χ1) is 32.2. The zero-order chi connectivity index (χ0) is 43.6. The Morgan fingerprint density at radius 1 is 0.308 bits per heavy atom. The zero-order valence-electron chi connectivity index (χ0n) is 36.4. The van der Waals surface area contributed by atoms with Gasteiger partial charge in [0.05, 0.1) is 0 Å². The Morgan fingerprint density at radius 3 is 1.11 bits per heavy atom. The molecule has 1 heterocycles. The van der Waals surface area contributed by atoms with Crippen molar-refractivity contribution < 1.29 is 0 Å². The van der Waals surface area contributed by atoms with E-state index < -0.39 is 8.07 Å². The van der Waals surface area contributed by atoms with E-state index in [1.54, 1.807) is 0 Å². The van der Waals surface area contributed by atoms with Gasteiger partial charge < -0.3 is 9.47 Å². The van der Waals surface area contributed by atoms with Gasteiger partial charge in [0.1, 0.15) is 0 Å². The third-order valence-electron chi connectivity index (χ3n) is 13.2. The molecule has 0 amide bonds. The molecule has 0 spiro atoms. The van der Waals surface area contributed by atoms with Crippen LogP contribution in [0.3, 0.4) is 0 Å². The van der Waals surface area contributed by atoms with Crippen LogP contribution in [0.5, 0.6) is 0 Å². The molecule has 0 radical (unpaired) electrons. The SMILES string of the molecule is CCn1c2ccccc2c2cc(-c3ccc(N(c4ccc(-c5ccccc5)cc4)c4ccc(-c5ccc([Si](c6ccccc6)(c6ccccc6)c6ccccc6)cc5)cc4)cc3)ccc21. The maximum Gasteiger partial charge on any atom is 0.179 e. The number of hydrogen-bond acceptors (Lipinski definition) is 1. The number of benzene rings is 10. The summed E-state index contributed by atoms with van der Waals surface area (Å²) in [6.45, 7) is 3.16. The van der Waals surface area contributed by atoms with Crippen molar-refractivity contribution in [1.29, 1.82) is 0 Å². The van der Waals surface area contributed by atoms with Gasteiger partial charge in [-0.25, -0.2) is 0 Å². The van der Waals surface area contributed by atoms with Crippen LogP contribution in [0.25, 0.3) is 55.2 Å². The Hall–Kier alpha value is -7.98. The summed E-state index contributed by atoms with van der Waals surface area (Å²) < 4.78 is 2.41. The average Bonchev–Trinajstić information content (AvgIpc) is 3.72. The quantitative estimate of drug-likeness (QED) is 0.0930. The predicted octanol–water partition coefficient (Wildman–Crippen LogP) is 13.7. The number of fused-ring (bicyclic) bond motifs is 3. The summed E-state index contributed by atoms with van der Waals surface area (Å²) >= 11 is 0. The molecule has 0 aliphatic carbocycles. The van der Waals surface area contributed by atoms with Crippen molar-refractivity contribution in [3.8, 4) is 33.4 Å². The van der Waals surface area contributed by atoms with Crippen LogP contribution in [0, 0.1) is 0 Å². The summed E-state index contributed by atoms with van der Waals surface area (Å²) in [6, 6.07) is 96.0. The minimum atomic E-state index is -2.61. The number of aromatic nitrogens is 1.